The molecule has 26 heavy (non-hydrogen) atoms. The molecule has 0 aromatic heterocycles. The number of aliphatic imine (C=N–C) groups is 1. The van der Waals surface area contributed by atoms with Crippen LogP contribution < -0.4 is 5.32 Å². The van der Waals surface area contributed by atoms with Crippen LogP contribution in [-0.2, 0) is 14.3 Å². The number of aliphatic hydroxyl groups excluding tert-OH is 1. The van der Waals surface area contributed by atoms with Crippen molar-refractivity contribution in [1.29, 1.82) is 0 Å². The van der Waals surface area contributed by atoms with E-state index in [2.05, 4.69) is 10.3 Å². The van der Waals surface area contributed by atoms with Gasteiger partial charge in [0.05, 0.1) is 32.9 Å². The highest BCUT2D eigenvalue weighted by Crippen LogP contribution is 2.29. The van der Waals surface area contributed by atoms with E-state index in [0.29, 0.717) is 32.6 Å². The summed E-state index contributed by atoms with van der Waals surface area (Å²) in [7, 11) is 1.75. The predicted molar refractivity (Wildman–Crippen MR) is 102 cm³/mol. The Hall–Kier alpha value is -1.57. The Bertz CT molecular complexity index is 519. The Labute approximate surface area is 156 Å². The fraction of sp³-hybridized carbons (Fsp3) is 0.737. The number of ketones is 1. The summed E-state index contributed by atoms with van der Waals surface area (Å²) < 4.78 is 5.13. The van der Waals surface area contributed by atoms with E-state index < -0.39 is 0 Å². The number of hydrogen-bond acceptors (Lipinski definition) is 6. The van der Waals surface area contributed by atoms with E-state index in [-0.39, 0.29) is 42.7 Å². The zero-order chi connectivity index (χ0) is 19.6. The SMILES string of the molecule is CC=N/C(=C\CC(=O)CN(C)CC(=O)NCCC1(CO)COC1)C(C)C. The number of aliphatic hydroxyl groups is 1. The van der Waals surface area contributed by atoms with Crippen LogP contribution in [0.2, 0.25) is 0 Å². The second-order valence-electron chi connectivity index (χ2n) is 7.34. The van der Waals surface area contributed by atoms with Gasteiger partial charge in [0.2, 0.25) is 5.91 Å². The number of ether oxygens (including phenoxy) is 1. The molecule has 1 heterocycles. The fourth-order valence-electron chi connectivity index (χ4n) is 2.70. The van der Waals surface area contributed by atoms with Gasteiger partial charge < -0.3 is 15.2 Å². The Morgan fingerprint density at radius 1 is 1.35 bits per heavy atom. The Balaban J connectivity index is 2.29. The molecule has 1 saturated heterocycles. The van der Waals surface area contributed by atoms with Crippen molar-refractivity contribution in [2.45, 2.75) is 33.6 Å². The minimum atomic E-state index is -0.198. The van der Waals surface area contributed by atoms with Gasteiger partial charge in [0.15, 0.2) is 5.78 Å². The third-order valence-corrected chi connectivity index (χ3v) is 4.40. The smallest absolute Gasteiger partial charge is 0.234 e. The van der Waals surface area contributed by atoms with Crippen molar-refractivity contribution in [3.8, 4) is 0 Å². The van der Waals surface area contributed by atoms with Crippen LogP contribution in [0.1, 0.15) is 33.6 Å². The largest absolute Gasteiger partial charge is 0.396 e. The monoisotopic (exact) mass is 367 g/mol. The maximum atomic E-state index is 12.1. The molecule has 1 rings (SSSR count). The lowest BCUT2D eigenvalue weighted by Crippen LogP contribution is -2.48. The first kappa shape index (κ1) is 22.5. The standard InChI is InChI=1S/C19H33N3O4/c1-5-20-17(15(2)3)7-6-16(24)10-22(4)11-18(25)21-9-8-19(12-23)13-26-14-19/h5,7,15,23H,6,8-14H2,1-4H3,(H,21,25)/b17-7-,20-5?. The molecular formula is C19H33N3O4. The van der Waals surface area contributed by atoms with Crippen LogP contribution in [0.5, 0.6) is 0 Å². The zero-order valence-corrected chi connectivity index (χ0v) is 16.5. The molecule has 7 heteroatoms. The molecule has 0 spiro atoms. The van der Waals surface area contributed by atoms with E-state index in [1.807, 2.05) is 26.8 Å². The number of allylic oxidation sites excluding steroid dienone is 2. The summed E-state index contributed by atoms with van der Waals surface area (Å²) >= 11 is 0. The summed E-state index contributed by atoms with van der Waals surface area (Å²) in [6.07, 6.45) is 4.59. The van der Waals surface area contributed by atoms with E-state index in [4.69, 9.17) is 4.74 Å². The number of amides is 1. The normalized spacial score (nSPS) is 17.0. The number of likely N-dealkylation sites (N-methyl/N-ethyl adjacent to an activating group) is 1. The lowest BCUT2D eigenvalue weighted by molar-refractivity contribution is -0.141. The number of rotatable bonds is 12. The third-order valence-electron chi connectivity index (χ3n) is 4.40. The summed E-state index contributed by atoms with van der Waals surface area (Å²) in [4.78, 5) is 30.0. The molecule has 7 nitrogen and oxygen atoms in total. The first-order chi connectivity index (χ1) is 12.3. The Kier molecular flexibility index (Phi) is 9.69. The Morgan fingerprint density at radius 2 is 2.04 bits per heavy atom. The van der Waals surface area contributed by atoms with Crippen LogP contribution in [0.15, 0.2) is 16.8 Å². The summed E-state index contributed by atoms with van der Waals surface area (Å²) in [6.45, 7) is 7.98. The Morgan fingerprint density at radius 3 is 2.54 bits per heavy atom. The molecule has 1 amide bonds. The van der Waals surface area contributed by atoms with E-state index in [1.165, 1.54) is 0 Å². The quantitative estimate of drug-likeness (QED) is 0.503. The maximum absolute atomic E-state index is 12.1. The van der Waals surface area contributed by atoms with Crippen LogP contribution in [0, 0.1) is 11.3 Å². The summed E-state index contributed by atoms with van der Waals surface area (Å²) in [6, 6.07) is 0. The van der Waals surface area contributed by atoms with Gasteiger partial charge in [-0.3, -0.25) is 19.5 Å². The molecule has 0 unspecified atom stereocenters. The van der Waals surface area contributed by atoms with Crippen LogP contribution in [0.3, 0.4) is 0 Å². The van der Waals surface area contributed by atoms with Crippen LogP contribution in [0.4, 0.5) is 0 Å². The van der Waals surface area contributed by atoms with Gasteiger partial charge in [-0.05, 0) is 26.3 Å². The highest BCUT2D eigenvalue weighted by molar-refractivity contribution is 5.83. The summed E-state index contributed by atoms with van der Waals surface area (Å²) in [5, 5.41) is 12.2. The summed E-state index contributed by atoms with van der Waals surface area (Å²) in [5.41, 5.74) is 0.704. The second kappa shape index (κ2) is 11.2. The second-order valence-corrected chi connectivity index (χ2v) is 7.34. The van der Waals surface area contributed by atoms with Crippen LogP contribution in [0.25, 0.3) is 0 Å². The molecule has 0 aromatic rings. The molecule has 0 saturated carbocycles. The van der Waals surface area contributed by atoms with E-state index in [1.54, 1.807) is 18.2 Å². The lowest BCUT2D eigenvalue weighted by Gasteiger charge is -2.39. The number of carbonyl (C=O) groups excluding carboxylic acids is 2. The first-order valence-corrected chi connectivity index (χ1v) is 9.16. The van der Waals surface area contributed by atoms with Crippen molar-refractivity contribution in [2.24, 2.45) is 16.3 Å². The highest BCUT2D eigenvalue weighted by Gasteiger charge is 2.37. The van der Waals surface area contributed by atoms with Gasteiger partial charge in [-0.25, -0.2) is 0 Å². The van der Waals surface area contributed by atoms with Gasteiger partial charge in [-0.2, -0.15) is 0 Å². The minimum Gasteiger partial charge on any atom is -0.396 e. The molecule has 0 aromatic carbocycles. The van der Waals surface area contributed by atoms with Crippen molar-refractivity contribution in [2.75, 3.05) is 46.5 Å². The number of carbonyl (C=O) groups is 2. The fourth-order valence-corrected chi connectivity index (χ4v) is 2.70. The average molecular weight is 367 g/mol. The maximum Gasteiger partial charge on any atom is 0.234 e. The summed E-state index contributed by atoms with van der Waals surface area (Å²) in [5.74, 6) is 0.198. The number of Topliss-reactive ketones (excluding diaryl/α,β-unsaturated/α-hetero) is 1. The highest BCUT2D eigenvalue weighted by atomic mass is 16.5. The van der Waals surface area contributed by atoms with Gasteiger partial charge in [0.1, 0.15) is 0 Å². The molecule has 0 aliphatic carbocycles. The van der Waals surface area contributed by atoms with Crippen molar-refractivity contribution in [3.63, 3.8) is 0 Å². The molecule has 1 fully saturated rings. The van der Waals surface area contributed by atoms with E-state index >= 15 is 0 Å². The molecule has 0 atom stereocenters. The van der Waals surface area contributed by atoms with E-state index in [0.717, 1.165) is 5.70 Å². The van der Waals surface area contributed by atoms with Gasteiger partial charge in [-0.15, -0.1) is 0 Å². The lowest BCUT2D eigenvalue weighted by atomic mass is 9.83. The van der Waals surface area contributed by atoms with Crippen LogP contribution >= 0.6 is 0 Å². The number of nitrogens with one attached hydrogen (secondary N) is 1. The van der Waals surface area contributed by atoms with Crippen molar-refractivity contribution < 1.29 is 19.4 Å². The molecular weight excluding hydrogens is 334 g/mol. The average Bonchev–Trinajstić information content (AvgIpc) is 2.53. The van der Waals surface area contributed by atoms with Crippen molar-refractivity contribution in [1.82, 2.24) is 10.2 Å². The van der Waals surface area contributed by atoms with Gasteiger partial charge in [-0.1, -0.05) is 19.9 Å². The van der Waals surface area contributed by atoms with Gasteiger partial charge in [0.25, 0.3) is 0 Å². The van der Waals surface area contributed by atoms with Crippen molar-refractivity contribution >= 4 is 17.9 Å². The molecule has 1 aliphatic rings. The molecule has 0 bridgehead atoms. The third kappa shape index (κ3) is 7.76. The number of hydrogen-bond donors (Lipinski definition) is 2. The van der Waals surface area contributed by atoms with Gasteiger partial charge in [0, 0.05) is 30.3 Å². The molecule has 2 N–H and O–H groups in total. The molecule has 148 valence electrons. The zero-order valence-electron chi connectivity index (χ0n) is 16.5. The molecule has 1 aliphatic heterocycles. The van der Waals surface area contributed by atoms with Crippen LogP contribution in [-0.4, -0.2) is 74.4 Å². The first-order valence-electron chi connectivity index (χ1n) is 9.16. The predicted octanol–water partition coefficient (Wildman–Crippen LogP) is 1.02. The molecule has 0 radical (unpaired) electrons. The minimum absolute atomic E-state index is 0.0515. The number of nitrogens with zero attached hydrogens (tertiary/aromatic N) is 2. The van der Waals surface area contributed by atoms with Crippen molar-refractivity contribution in [3.05, 3.63) is 11.8 Å². The van der Waals surface area contributed by atoms with E-state index in [9.17, 15) is 14.7 Å². The van der Waals surface area contributed by atoms with Gasteiger partial charge >= 0.3 is 0 Å². The topological polar surface area (TPSA) is 91.2 Å².